The van der Waals surface area contributed by atoms with Crippen molar-refractivity contribution in [3.8, 4) is 17.0 Å². The Balaban J connectivity index is 1.34. The molecule has 9 heteroatoms. The fourth-order valence-electron chi connectivity index (χ4n) is 5.31. The average Bonchev–Trinajstić information content (AvgIpc) is 3.68. The molecule has 178 valence electrons. The number of H-pyrrole nitrogens is 1. The lowest BCUT2D eigenvalue weighted by Gasteiger charge is -2.12. The quantitative estimate of drug-likeness (QED) is 0.556. The first kappa shape index (κ1) is 21.7. The summed E-state index contributed by atoms with van der Waals surface area (Å²) in [6.45, 7) is 0.791. The molecule has 0 radical (unpaired) electrons. The van der Waals surface area contributed by atoms with Crippen LogP contribution < -0.4 is 4.74 Å². The number of aryl methyl sites for hydroxylation is 1. The number of ether oxygens (including phenoxy) is 1. The number of fused-ring (bicyclic) bond motifs is 2. The van der Waals surface area contributed by atoms with Gasteiger partial charge in [-0.25, -0.2) is 4.98 Å². The van der Waals surface area contributed by atoms with E-state index in [9.17, 15) is 4.79 Å². The molecule has 3 aliphatic rings. The van der Waals surface area contributed by atoms with Crippen molar-refractivity contribution in [1.29, 1.82) is 0 Å². The van der Waals surface area contributed by atoms with Crippen LogP contribution in [0.1, 0.15) is 29.7 Å². The fourth-order valence-corrected chi connectivity index (χ4v) is 5.31. The maximum absolute atomic E-state index is 11.7. The highest BCUT2D eigenvalue weighted by Gasteiger charge is 2.29. The zero-order chi connectivity index (χ0) is 23.9. The lowest BCUT2D eigenvalue weighted by molar-refractivity contribution is -0.454. The second kappa shape index (κ2) is 8.74. The molecule has 1 aliphatic carbocycles. The number of aromatic nitrogens is 3. The number of hydrazone groups is 1. The van der Waals surface area contributed by atoms with Crippen LogP contribution in [0.4, 0.5) is 0 Å². The Morgan fingerprint density at radius 2 is 2.26 bits per heavy atom. The van der Waals surface area contributed by atoms with Gasteiger partial charge in [0.1, 0.15) is 35.5 Å². The maximum Gasteiger partial charge on any atom is 0.248 e. The molecular formula is C26H27N6O3+. The van der Waals surface area contributed by atoms with Crippen LogP contribution >= 0.6 is 0 Å². The Morgan fingerprint density at radius 1 is 1.34 bits per heavy atom. The predicted molar refractivity (Wildman–Crippen MR) is 132 cm³/mol. The summed E-state index contributed by atoms with van der Waals surface area (Å²) in [6, 6.07) is 8.39. The summed E-state index contributed by atoms with van der Waals surface area (Å²) in [4.78, 5) is 18.5. The molecule has 0 saturated carbocycles. The number of hydrogen-bond acceptors (Lipinski definition) is 6. The molecule has 2 aliphatic heterocycles. The van der Waals surface area contributed by atoms with Gasteiger partial charge >= 0.3 is 0 Å². The van der Waals surface area contributed by atoms with Crippen LogP contribution in [0.2, 0.25) is 0 Å². The second-order valence-electron chi connectivity index (χ2n) is 9.21. The van der Waals surface area contributed by atoms with Crippen LogP contribution in [0, 0.1) is 5.92 Å². The van der Waals surface area contributed by atoms with Crippen molar-refractivity contribution in [2.45, 2.75) is 25.7 Å². The molecule has 3 aromatic rings. The minimum Gasteiger partial charge on any atom is -0.494 e. The molecule has 0 bridgehead atoms. The molecule has 1 aromatic carbocycles. The monoisotopic (exact) mass is 471 g/mol. The average molecular weight is 472 g/mol. The van der Waals surface area contributed by atoms with E-state index in [4.69, 9.17) is 14.8 Å². The molecular weight excluding hydrogens is 444 g/mol. The topological polar surface area (TPSA) is 107 Å². The van der Waals surface area contributed by atoms with Crippen LogP contribution in [-0.2, 0) is 17.6 Å². The molecule has 2 aromatic heterocycles. The lowest BCUT2D eigenvalue weighted by atomic mass is 9.99. The first-order chi connectivity index (χ1) is 17.1. The number of pyridine rings is 1. The number of rotatable bonds is 5. The van der Waals surface area contributed by atoms with Crippen molar-refractivity contribution in [2.75, 3.05) is 26.8 Å². The van der Waals surface area contributed by atoms with Gasteiger partial charge in [-0.15, -0.1) is 0 Å². The van der Waals surface area contributed by atoms with E-state index in [1.165, 1.54) is 11.1 Å². The first-order valence-electron chi connectivity index (χ1n) is 12.0. The molecule has 9 nitrogen and oxygen atoms in total. The summed E-state index contributed by atoms with van der Waals surface area (Å²) < 4.78 is 7.50. The molecule has 0 spiro atoms. The Labute approximate surface area is 202 Å². The lowest BCUT2D eigenvalue weighted by Crippen LogP contribution is -2.31. The molecule has 1 fully saturated rings. The number of methoxy groups -OCH3 is 1. The number of hydrogen-bond donors (Lipinski definition) is 2. The number of nitrogens with zero attached hydrogens (tertiary/aromatic N) is 5. The molecule has 2 N–H and O–H groups in total. The third-order valence-corrected chi connectivity index (χ3v) is 7.07. The van der Waals surface area contributed by atoms with Gasteiger partial charge in [0.15, 0.2) is 6.21 Å². The van der Waals surface area contributed by atoms with Crippen molar-refractivity contribution in [1.82, 2.24) is 20.1 Å². The van der Waals surface area contributed by atoms with Crippen LogP contribution in [-0.4, -0.2) is 75.0 Å². The van der Waals surface area contributed by atoms with Gasteiger partial charge in [-0.05, 0) is 41.9 Å². The summed E-state index contributed by atoms with van der Waals surface area (Å²) in [5, 5.41) is 21.2. The van der Waals surface area contributed by atoms with Crippen molar-refractivity contribution in [3.05, 3.63) is 47.3 Å². The highest BCUT2D eigenvalue weighted by molar-refractivity contribution is 6.13. The SMILES string of the molecule is COc1cc2[nH]nc(C3=C/[N+](=C/C4CCN(C(=O)CO)C4)N=C3)c2nc1-c1cccc2c1CCC2. The number of aliphatic hydroxyl groups excluding tert-OH is 1. The molecule has 1 amide bonds. The number of amides is 1. The van der Waals surface area contributed by atoms with Gasteiger partial charge in [0.25, 0.3) is 0 Å². The van der Waals surface area contributed by atoms with E-state index in [1.54, 1.807) is 22.9 Å². The Morgan fingerprint density at radius 3 is 3.11 bits per heavy atom. The minimum atomic E-state index is -0.448. The summed E-state index contributed by atoms with van der Waals surface area (Å²) in [6.07, 6.45) is 9.89. The predicted octanol–water partition coefficient (Wildman–Crippen LogP) is 2.39. The van der Waals surface area contributed by atoms with Gasteiger partial charge < -0.3 is 14.7 Å². The molecule has 35 heavy (non-hydrogen) atoms. The first-order valence-corrected chi connectivity index (χ1v) is 12.0. The third kappa shape index (κ3) is 3.81. The van der Waals surface area contributed by atoms with E-state index in [0.29, 0.717) is 13.1 Å². The largest absolute Gasteiger partial charge is 0.494 e. The summed E-state index contributed by atoms with van der Waals surface area (Å²) in [5.41, 5.74) is 7.88. The van der Waals surface area contributed by atoms with Crippen LogP contribution in [0.5, 0.6) is 5.75 Å². The minimum absolute atomic E-state index is 0.184. The van der Waals surface area contributed by atoms with E-state index >= 15 is 0 Å². The van der Waals surface area contributed by atoms with Crippen LogP contribution in [0.3, 0.4) is 0 Å². The summed E-state index contributed by atoms with van der Waals surface area (Å²) in [7, 11) is 1.67. The Hall–Kier alpha value is -3.85. The van der Waals surface area contributed by atoms with Crippen molar-refractivity contribution in [2.24, 2.45) is 11.0 Å². The smallest absolute Gasteiger partial charge is 0.248 e. The van der Waals surface area contributed by atoms with Gasteiger partial charge in [0, 0.05) is 24.7 Å². The number of nitrogens with one attached hydrogen (secondary N) is 1. The molecule has 4 heterocycles. The van der Waals surface area contributed by atoms with Gasteiger partial charge in [-0.3, -0.25) is 9.89 Å². The summed E-state index contributed by atoms with van der Waals surface area (Å²) >= 11 is 0. The third-order valence-electron chi connectivity index (χ3n) is 7.07. The van der Waals surface area contributed by atoms with E-state index in [2.05, 4.69) is 33.5 Å². The van der Waals surface area contributed by atoms with Crippen molar-refractivity contribution >= 4 is 34.9 Å². The van der Waals surface area contributed by atoms with E-state index < -0.39 is 6.61 Å². The number of allylic oxidation sites excluding steroid dienone is 1. The maximum atomic E-state index is 11.7. The van der Waals surface area contributed by atoms with Crippen molar-refractivity contribution < 1.29 is 19.3 Å². The Bertz CT molecular complexity index is 1420. The van der Waals surface area contributed by atoms with Gasteiger partial charge in [0.05, 0.1) is 24.1 Å². The van der Waals surface area contributed by atoms with Gasteiger partial charge in [0.2, 0.25) is 12.1 Å². The zero-order valence-electron chi connectivity index (χ0n) is 19.6. The Kier molecular flexibility index (Phi) is 5.41. The van der Waals surface area contributed by atoms with E-state index in [1.807, 2.05) is 18.5 Å². The highest BCUT2D eigenvalue weighted by Crippen LogP contribution is 2.38. The van der Waals surface area contributed by atoms with Crippen LogP contribution in [0.25, 0.3) is 27.9 Å². The fraction of sp³-hybridized carbons (Fsp3) is 0.346. The number of carbonyl (C=O) groups excluding carboxylic acids is 1. The number of likely N-dealkylation sites (tertiary alicyclic amines) is 1. The second-order valence-corrected chi connectivity index (χ2v) is 9.21. The van der Waals surface area contributed by atoms with Gasteiger partial charge in [-0.2, -0.15) is 5.10 Å². The number of aliphatic hydroxyl groups is 1. The zero-order valence-corrected chi connectivity index (χ0v) is 19.6. The normalized spacial score (nSPS) is 20.2. The molecule has 1 unspecified atom stereocenters. The number of carbonyl (C=O) groups is 1. The molecule has 1 saturated heterocycles. The van der Waals surface area contributed by atoms with Crippen molar-refractivity contribution in [3.63, 3.8) is 0 Å². The number of aromatic amines is 1. The van der Waals surface area contributed by atoms with E-state index in [-0.39, 0.29) is 11.8 Å². The molecule has 6 rings (SSSR count). The standard InChI is InChI=1S/C26H27N6O3/c1-35-22-10-21-26(28-25(22)20-7-3-5-17-4-2-6-19(17)20)24(30-29-21)18-11-27-32(14-18)13-16-8-9-31(12-16)23(34)15-33/h3,5,7,10-11,13-14,16,33H,2,4,6,8-9,12,15H2,1H3,(H,29,30)/q+1/b32-13-. The van der Waals surface area contributed by atoms with Gasteiger partial charge in [-0.1, -0.05) is 22.9 Å². The number of benzene rings is 1. The highest BCUT2D eigenvalue weighted by atomic mass is 16.5. The molecule has 1 atom stereocenters. The van der Waals surface area contributed by atoms with E-state index in [0.717, 1.165) is 65.0 Å². The summed E-state index contributed by atoms with van der Waals surface area (Å²) in [5.74, 6) is 0.676. The van der Waals surface area contributed by atoms with Crippen LogP contribution in [0.15, 0.2) is 35.6 Å².